The topological polar surface area (TPSA) is 114 Å². The number of hydrogen-bond donors (Lipinski definition) is 0. The van der Waals surface area contributed by atoms with Crippen molar-refractivity contribution >= 4 is 23.7 Å². The van der Waals surface area contributed by atoms with E-state index in [1.165, 1.54) is 7.05 Å². The zero-order valence-corrected chi connectivity index (χ0v) is 14.3. The number of anilines is 1. The van der Waals surface area contributed by atoms with E-state index in [-0.39, 0.29) is 6.67 Å². The average Bonchev–Trinajstić information content (AvgIpc) is 3.39. The Kier molecular flexibility index (Phi) is 3.88. The van der Waals surface area contributed by atoms with Crippen LogP contribution < -0.4 is 4.90 Å². The first-order chi connectivity index (χ1) is 12.5. The highest BCUT2D eigenvalue weighted by molar-refractivity contribution is 6.44. The van der Waals surface area contributed by atoms with Crippen molar-refractivity contribution in [3.8, 4) is 6.07 Å². The maximum absolute atomic E-state index is 12.0. The zero-order chi connectivity index (χ0) is 18.4. The van der Waals surface area contributed by atoms with Crippen LogP contribution in [0.15, 0.2) is 4.42 Å². The van der Waals surface area contributed by atoms with E-state index in [0.29, 0.717) is 49.6 Å². The molecule has 2 saturated heterocycles. The summed E-state index contributed by atoms with van der Waals surface area (Å²) >= 11 is 0. The summed E-state index contributed by atoms with van der Waals surface area (Å²) in [6.07, 6.45) is 2.09. The van der Waals surface area contributed by atoms with E-state index >= 15 is 0 Å². The summed E-state index contributed by atoms with van der Waals surface area (Å²) < 4.78 is 5.80. The molecule has 1 saturated carbocycles. The highest BCUT2D eigenvalue weighted by atomic mass is 16.4. The molecule has 10 nitrogen and oxygen atoms in total. The third-order valence-corrected chi connectivity index (χ3v) is 4.91. The van der Waals surface area contributed by atoms with Crippen LogP contribution in [0.1, 0.15) is 30.3 Å². The molecule has 1 aliphatic carbocycles. The van der Waals surface area contributed by atoms with Gasteiger partial charge in [0.2, 0.25) is 17.5 Å². The Labute approximate surface area is 149 Å². The predicted octanol–water partition coefficient (Wildman–Crippen LogP) is -0.0762. The molecule has 3 heterocycles. The number of likely N-dealkylation sites (N-methyl/N-ethyl adjacent to an activating group) is 1. The predicted molar refractivity (Wildman–Crippen MR) is 86.9 cm³/mol. The van der Waals surface area contributed by atoms with Crippen molar-refractivity contribution in [3.63, 3.8) is 0 Å². The maximum Gasteiger partial charge on any atom is 0.335 e. The number of rotatable bonds is 4. The minimum atomic E-state index is -0.804. The van der Waals surface area contributed by atoms with Gasteiger partial charge in [-0.1, -0.05) is 0 Å². The highest BCUT2D eigenvalue weighted by Gasteiger charge is 2.43. The van der Waals surface area contributed by atoms with Crippen molar-refractivity contribution in [3.05, 3.63) is 11.6 Å². The van der Waals surface area contributed by atoms with Crippen molar-refractivity contribution in [2.75, 3.05) is 44.8 Å². The summed E-state index contributed by atoms with van der Waals surface area (Å²) in [6.45, 7) is 2.37. The largest absolute Gasteiger partial charge is 0.423 e. The van der Waals surface area contributed by atoms with Gasteiger partial charge in [0.1, 0.15) is 6.07 Å². The summed E-state index contributed by atoms with van der Waals surface area (Å²) in [5.41, 5.74) is 0.303. The Bertz CT molecular complexity index is 815. The summed E-state index contributed by atoms with van der Waals surface area (Å²) in [5.74, 6) is -0.137. The molecule has 1 aromatic rings. The Morgan fingerprint density at radius 3 is 2.38 bits per heavy atom. The molecule has 3 aliphatic rings. The van der Waals surface area contributed by atoms with Crippen LogP contribution in [0.5, 0.6) is 0 Å². The van der Waals surface area contributed by atoms with E-state index in [1.54, 1.807) is 0 Å². The van der Waals surface area contributed by atoms with E-state index in [4.69, 9.17) is 4.42 Å². The lowest BCUT2D eigenvalue weighted by atomic mass is 10.3. The minimum absolute atomic E-state index is 0.0798. The van der Waals surface area contributed by atoms with Gasteiger partial charge >= 0.3 is 17.8 Å². The molecule has 0 spiro atoms. The fraction of sp³-hybridized carbons (Fsp3) is 0.562. The van der Waals surface area contributed by atoms with Crippen molar-refractivity contribution < 1.29 is 18.8 Å². The normalized spacial score (nSPS) is 21.7. The van der Waals surface area contributed by atoms with Gasteiger partial charge in [0.15, 0.2) is 0 Å². The van der Waals surface area contributed by atoms with Crippen LogP contribution in [-0.4, -0.2) is 77.4 Å². The van der Waals surface area contributed by atoms with Crippen molar-refractivity contribution in [2.45, 2.75) is 18.8 Å². The van der Waals surface area contributed by atoms with E-state index in [2.05, 4.69) is 11.1 Å². The zero-order valence-electron chi connectivity index (χ0n) is 14.3. The molecule has 0 N–H and O–H groups in total. The Hall–Kier alpha value is -2.93. The number of oxazole rings is 1. The van der Waals surface area contributed by atoms with Gasteiger partial charge in [-0.3, -0.25) is 19.4 Å². The van der Waals surface area contributed by atoms with E-state index in [0.717, 1.165) is 22.6 Å². The van der Waals surface area contributed by atoms with Gasteiger partial charge in [0, 0.05) is 39.1 Å². The number of piperazine rings is 1. The standard InChI is InChI=1S/C16H18N6O4/c1-19-13(23)14(24)22(16(19)25)9-20-4-6-21(7-5-20)15-11(8-17)18-12(26-15)10-2-3-10/h10H,2-7,9H2,1H3. The first kappa shape index (κ1) is 16.5. The molecular formula is C16H18N6O4. The van der Waals surface area contributed by atoms with Gasteiger partial charge in [0.05, 0.1) is 6.67 Å². The molecule has 0 atom stereocenters. The van der Waals surface area contributed by atoms with Crippen LogP contribution >= 0.6 is 0 Å². The number of amides is 4. The number of urea groups is 1. The number of hydrogen-bond acceptors (Lipinski definition) is 8. The number of carbonyl (C=O) groups excluding carboxylic acids is 3. The lowest BCUT2D eigenvalue weighted by Gasteiger charge is -2.35. The lowest BCUT2D eigenvalue weighted by Crippen LogP contribution is -2.51. The van der Waals surface area contributed by atoms with Crippen LogP contribution in [0.4, 0.5) is 10.7 Å². The molecule has 0 radical (unpaired) electrons. The summed E-state index contributed by atoms with van der Waals surface area (Å²) in [4.78, 5) is 45.3. The quantitative estimate of drug-likeness (QED) is 0.542. The molecule has 0 unspecified atom stereocenters. The van der Waals surface area contributed by atoms with Crippen LogP contribution in [0.25, 0.3) is 0 Å². The third-order valence-electron chi connectivity index (χ3n) is 4.91. The van der Waals surface area contributed by atoms with Gasteiger partial charge in [-0.2, -0.15) is 5.26 Å². The van der Waals surface area contributed by atoms with Crippen molar-refractivity contribution in [1.82, 2.24) is 19.7 Å². The van der Waals surface area contributed by atoms with Gasteiger partial charge in [-0.25, -0.2) is 14.7 Å². The molecular weight excluding hydrogens is 340 g/mol. The lowest BCUT2D eigenvalue weighted by molar-refractivity contribution is -0.143. The fourth-order valence-corrected chi connectivity index (χ4v) is 3.15. The smallest absolute Gasteiger partial charge is 0.335 e. The second-order valence-electron chi connectivity index (χ2n) is 6.72. The van der Waals surface area contributed by atoms with Crippen LogP contribution in [-0.2, 0) is 9.59 Å². The summed E-state index contributed by atoms with van der Waals surface area (Å²) in [7, 11) is 1.30. The number of imide groups is 2. The Balaban J connectivity index is 1.39. The molecule has 136 valence electrons. The first-order valence-corrected chi connectivity index (χ1v) is 8.51. The second-order valence-corrected chi connectivity index (χ2v) is 6.72. The molecule has 3 fully saturated rings. The van der Waals surface area contributed by atoms with Crippen molar-refractivity contribution in [2.24, 2.45) is 0 Å². The molecule has 0 bridgehead atoms. The van der Waals surface area contributed by atoms with Gasteiger partial charge in [-0.05, 0) is 12.8 Å². The molecule has 26 heavy (non-hydrogen) atoms. The van der Waals surface area contributed by atoms with E-state index < -0.39 is 17.8 Å². The maximum atomic E-state index is 12.0. The summed E-state index contributed by atoms with van der Waals surface area (Å²) in [5, 5.41) is 9.29. The average molecular weight is 358 g/mol. The number of aromatic nitrogens is 1. The van der Waals surface area contributed by atoms with E-state index in [9.17, 15) is 19.6 Å². The monoisotopic (exact) mass is 358 g/mol. The van der Waals surface area contributed by atoms with Crippen LogP contribution in [0.2, 0.25) is 0 Å². The number of nitrogens with zero attached hydrogens (tertiary/aromatic N) is 6. The first-order valence-electron chi connectivity index (χ1n) is 8.51. The Morgan fingerprint density at radius 2 is 1.85 bits per heavy atom. The third kappa shape index (κ3) is 2.70. The molecule has 10 heteroatoms. The highest BCUT2D eigenvalue weighted by Crippen LogP contribution is 2.41. The van der Waals surface area contributed by atoms with Crippen LogP contribution in [0, 0.1) is 11.3 Å². The summed E-state index contributed by atoms with van der Waals surface area (Å²) in [6, 6.07) is 1.49. The number of nitriles is 1. The minimum Gasteiger partial charge on any atom is -0.423 e. The van der Waals surface area contributed by atoms with Gasteiger partial charge in [-0.15, -0.1) is 0 Å². The van der Waals surface area contributed by atoms with Gasteiger partial charge < -0.3 is 9.32 Å². The Morgan fingerprint density at radius 1 is 1.15 bits per heavy atom. The molecule has 1 aromatic heterocycles. The van der Waals surface area contributed by atoms with Crippen molar-refractivity contribution in [1.29, 1.82) is 5.26 Å². The molecule has 0 aromatic carbocycles. The molecule has 2 aliphatic heterocycles. The second kappa shape index (κ2) is 6.10. The van der Waals surface area contributed by atoms with Gasteiger partial charge in [0.25, 0.3) is 0 Å². The fourth-order valence-electron chi connectivity index (χ4n) is 3.15. The molecule has 4 amide bonds. The van der Waals surface area contributed by atoms with E-state index in [1.807, 2.05) is 9.80 Å². The van der Waals surface area contributed by atoms with Crippen LogP contribution in [0.3, 0.4) is 0 Å². The molecule has 4 rings (SSSR count). The number of carbonyl (C=O) groups is 3. The SMILES string of the molecule is CN1C(=O)C(=O)N(CN2CCN(c3oc(C4CC4)nc3C#N)CC2)C1=O.